The summed E-state index contributed by atoms with van der Waals surface area (Å²) in [6, 6.07) is 0. The molecule has 0 aliphatic rings. The van der Waals surface area contributed by atoms with Gasteiger partial charge in [-0.05, 0) is 19.4 Å². The lowest BCUT2D eigenvalue weighted by atomic mass is 9.95. The fourth-order valence-corrected chi connectivity index (χ4v) is 2.00. The van der Waals surface area contributed by atoms with Crippen LogP contribution >= 0.6 is 75.0 Å². The second-order valence-electron chi connectivity index (χ2n) is 3.94. The highest BCUT2D eigenvalue weighted by Crippen LogP contribution is 2.14. The van der Waals surface area contributed by atoms with E-state index in [0.29, 0.717) is 41.1 Å². The summed E-state index contributed by atoms with van der Waals surface area (Å²) in [6.45, 7) is 1.44. The van der Waals surface area contributed by atoms with Gasteiger partial charge in [-0.3, -0.25) is 5.32 Å². The van der Waals surface area contributed by atoms with E-state index in [2.05, 4.69) is 66.5 Å². The van der Waals surface area contributed by atoms with Gasteiger partial charge in [0.1, 0.15) is 8.64 Å². The molecule has 0 saturated carbocycles. The number of aliphatic hydroxyl groups is 1. The van der Waals surface area contributed by atoms with Crippen molar-refractivity contribution >= 4 is 83.6 Å². The van der Waals surface area contributed by atoms with Gasteiger partial charge in [0.05, 0.1) is 10.3 Å². The van der Waals surface area contributed by atoms with Crippen molar-refractivity contribution in [2.75, 3.05) is 19.6 Å². The Hall–Kier alpha value is 1.10. The van der Waals surface area contributed by atoms with E-state index in [4.69, 9.17) is 24.4 Å². The molecule has 0 aromatic rings. The highest BCUT2D eigenvalue weighted by molar-refractivity contribution is 8.11. The Morgan fingerprint density at radius 3 is 2.05 bits per heavy atom. The van der Waals surface area contributed by atoms with Crippen LogP contribution in [0.2, 0.25) is 0 Å². The van der Waals surface area contributed by atoms with Crippen molar-refractivity contribution in [3.05, 3.63) is 0 Å². The van der Waals surface area contributed by atoms with Crippen molar-refractivity contribution in [3.63, 3.8) is 0 Å². The number of nitrogens with one attached hydrogen (secondary N) is 3. The average Bonchev–Trinajstić information content (AvgIpc) is 2.25. The quantitative estimate of drug-likeness (QED) is 0.173. The van der Waals surface area contributed by atoms with Crippen molar-refractivity contribution in [1.29, 1.82) is 0 Å². The summed E-state index contributed by atoms with van der Waals surface area (Å²) >= 11 is 25.8. The molecular weight excluding hydrogens is 359 g/mol. The van der Waals surface area contributed by atoms with Crippen molar-refractivity contribution in [1.82, 2.24) is 16.0 Å². The summed E-state index contributed by atoms with van der Waals surface area (Å²) < 4.78 is 0.542. The Bertz CT molecular complexity index is 304. The standard InChI is InChI=1S/C9H19N3OS6/c13-9(5-12-8(18)19,1-3-10-6(14)15)2-4-11-7(16)17/h6,10,13-15H,1-5H2,(H2,11,16,17)(H2,12,18,19). The lowest BCUT2D eigenvalue weighted by Crippen LogP contribution is -2.45. The second kappa shape index (κ2) is 10.8. The van der Waals surface area contributed by atoms with Gasteiger partial charge in [-0.2, -0.15) is 0 Å². The predicted octanol–water partition coefficient (Wildman–Crippen LogP) is 0.839. The van der Waals surface area contributed by atoms with Gasteiger partial charge in [-0.15, -0.1) is 50.5 Å². The molecule has 0 fully saturated rings. The van der Waals surface area contributed by atoms with E-state index in [0.717, 1.165) is 0 Å². The molecule has 0 rings (SSSR count). The number of thiocarbonyl (C=S) groups is 2. The lowest BCUT2D eigenvalue weighted by Gasteiger charge is -2.29. The van der Waals surface area contributed by atoms with Crippen LogP contribution in [0.3, 0.4) is 0 Å². The zero-order chi connectivity index (χ0) is 14.9. The molecule has 19 heavy (non-hydrogen) atoms. The van der Waals surface area contributed by atoms with E-state index in [-0.39, 0.29) is 4.71 Å². The van der Waals surface area contributed by atoms with Crippen LogP contribution in [0.25, 0.3) is 0 Å². The first-order valence-electron chi connectivity index (χ1n) is 5.51. The van der Waals surface area contributed by atoms with Crippen LogP contribution in [0, 0.1) is 0 Å². The first-order chi connectivity index (χ1) is 8.75. The highest BCUT2D eigenvalue weighted by atomic mass is 32.2. The van der Waals surface area contributed by atoms with E-state index in [9.17, 15) is 5.11 Å². The van der Waals surface area contributed by atoms with Crippen molar-refractivity contribution < 1.29 is 5.11 Å². The average molecular weight is 378 g/mol. The summed E-state index contributed by atoms with van der Waals surface area (Å²) in [6.07, 6.45) is 1.03. The molecule has 0 bridgehead atoms. The maximum absolute atomic E-state index is 10.5. The number of rotatable bonds is 9. The van der Waals surface area contributed by atoms with Crippen LogP contribution in [0.15, 0.2) is 0 Å². The van der Waals surface area contributed by atoms with Crippen LogP contribution in [-0.2, 0) is 0 Å². The Labute approximate surface area is 146 Å². The Morgan fingerprint density at radius 1 is 1.05 bits per heavy atom. The first kappa shape index (κ1) is 20.1. The molecule has 0 spiro atoms. The van der Waals surface area contributed by atoms with Gasteiger partial charge < -0.3 is 15.7 Å². The third kappa shape index (κ3) is 12.5. The molecule has 0 radical (unpaired) electrons. The van der Waals surface area contributed by atoms with E-state index >= 15 is 0 Å². The molecule has 4 nitrogen and oxygen atoms in total. The third-order valence-corrected chi connectivity index (χ3v) is 3.32. The molecule has 0 aromatic carbocycles. The minimum atomic E-state index is -0.929. The van der Waals surface area contributed by atoms with Crippen LogP contribution in [-0.4, -0.2) is 43.7 Å². The Balaban J connectivity index is 4.25. The zero-order valence-electron chi connectivity index (χ0n) is 10.2. The van der Waals surface area contributed by atoms with E-state index < -0.39 is 5.60 Å². The summed E-state index contributed by atoms with van der Waals surface area (Å²) in [4.78, 5) is 0. The van der Waals surface area contributed by atoms with Crippen molar-refractivity contribution in [2.24, 2.45) is 0 Å². The van der Waals surface area contributed by atoms with Gasteiger partial charge in [0.25, 0.3) is 0 Å². The molecule has 4 N–H and O–H groups in total. The van der Waals surface area contributed by atoms with Crippen molar-refractivity contribution in [3.8, 4) is 0 Å². The molecule has 1 atom stereocenters. The minimum absolute atomic E-state index is 0.216. The minimum Gasteiger partial charge on any atom is -0.388 e. The van der Waals surface area contributed by atoms with Gasteiger partial charge in [0, 0.05) is 13.1 Å². The van der Waals surface area contributed by atoms with Crippen LogP contribution in [0.4, 0.5) is 0 Å². The fraction of sp³-hybridized carbons (Fsp3) is 0.778. The molecule has 10 heteroatoms. The molecular formula is C9H19N3OS6. The summed E-state index contributed by atoms with van der Waals surface area (Å²) in [7, 11) is 0. The predicted molar refractivity (Wildman–Crippen MR) is 103 cm³/mol. The topological polar surface area (TPSA) is 56.3 Å². The normalized spacial score (nSPS) is 14.0. The van der Waals surface area contributed by atoms with Crippen LogP contribution < -0.4 is 16.0 Å². The highest BCUT2D eigenvalue weighted by Gasteiger charge is 2.26. The molecule has 0 heterocycles. The molecule has 0 aromatic heterocycles. The van der Waals surface area contributed by atoms with Crippen LogP contribution in [0.5, 0.6) is 0 Å². The number of thiol groups is 4. The van der Waals surface area contributed by atoms with E-state index in [1.165, 1.54) is 0 Å². The zero-order valence-corrected chi connectivity index (χ0v) is 15.4. The van der Waals surface area contributed by atoms with Gasteiger partial charge in [-0.25, -0.2) is 0 Å². The summed E-state index contributed by atoms with van der Waals surface area (Å²) in [5, 5.41) is 19.3. The smallest absolute Gasteiger partial charge is 0.130 e. The van der Waals surface area contributed by atoms with E-state index in [1.807, 2.05) is 0 Å². The lowest BCUT2D eigenvalue weighted by molar-refractivity contribution is 0.0297. The third-order valence-electron chi connectivity index (χ3n) is 2.35. The van der Waals surface area contributed by atoms with Crippen molar-refractivity contribution in [2.45, 2.75) is 23.1 Å². The summed E-state index contributed by atoms with van der Waals surface area (Å²) in [5.74, 6) is 0. The van der Waals surface area contributed by atoms with Crippen LogP contribution in [0.1, 0.15) is 12.8 Å². The van der Waals surface area contributed by atoms with Gasteiger partial charge in [0.2, 0.25) is 0 Å². The molecule has 0 amide bonds. The molecule has 112 valence electrons. The van der Waals surface area contributed by atoms with E-state index in [1.54, 1.807) is 0 Å². The van der Waals surface area contributed by atoms with Gasteiger partial charge in [0.15, 0.2) is 0 Å². The largest absolute Gasteiger partial charge is 0.388 e. The monoisotopic (exact) mass is 377 g/mol. The Morgan fingerprint density at radius 2 is 1.58 bits per heavy atom. The molecule has 1 unspecified atom stereocenters. The first-order valence-corrected chi connectivity index (χ1v) is 8.25. The van der Waals surface area contributed by atoms with Gasteiger partial charge in [-0.1, -0.05) is 24.4 Å². The number of hydrogen-bond donors (Lipinski definition) is 8. The molecule has 0 saturated heterocycles. The number of hydrogen-bond acceptors (Lipinski definition) is 6. The maximum atomic E-state index is 10.5. The maximum Gasteiger partial charge on any atom is 0.130 e. The molecule has 0 aliphatic heterocycles. The molecule has 0 aliphatic carbocycles. The Kier molecular flexibility index (Phi) is 11.4. The second-order valence-corrected chi connectivity index (χ2v) is 7.70. The summed E-state index contributed by atoms with van der Waals surface area (Å²) in [5.41, 5.74) is -0.929. The fourth-order valence-electron chi connectivity index (χ4n) is 1.38. The SMILES string of the molecule is OC(CCNC(=S)S)(CCNC(S)S)CNC(=S)S. The van der Waals surface area contributed by atoms with Gasteiger partial charge >= 0.3 is 0 Å².